The number of hydroxylamine groups is 2. The van der Waals surface area contributed by atoms with Gasteiger partial charge >= 0.3 is 5.97 Å². The van der Waals surface area contributed by atoms with E-state index in [0.29, 0.717) is 16.4 Å². The zero-order valence-electron chi connectivity index (χ0n) is 14.0. The van der Waals surface area contributed by atoms with Crippen LogP contribution in [0.15, 0.2) is 59.3 Å². The van der Waals surface area contributed by atoms with Gasteiger partial charge in [-0.3, -0.25) is 9.59 Å². The maximum Gasteiger partial charge on any atom is 0.386 e. The number of aromatic nitrogens is 1. The Morgan fingerprint density at radius 1 is 1.00 bits per heavy atom. The van der Waals surface area contributed by atoms with Crippen molar-refractivity contribution in [3.05, 3.63) is 71.7 Å². The fraction of sp³-hybridized carbons (Fsp3) is 0.0526. The van der Waals surface area contributed by atoms with Crippen molar-refractivity contribution in [1.82, 2.24) is 10.0 Å². The molecule has 0 aliphatic carbocycles. The van der Waals surface area contributed by atoms with Crippen LogP contribution in [0.2, 0.25) is 0 Å². The molecule has 0 unspecified atom stereocenters. The van der Waals surface area contributed by atoms with Crippen LogP contribution >= 0.6 is 0 Å². The summed E-state index contributed by atoms with van der Waals surface area (Å²) in [6, 6.07) is 13.0. The first-order chi connectivity index (χ1) is 13.1. The highest BCUT2D eigenvalue weighted by Gasteiger charge is 2.39. The number of hydrogen-bond donors (Lipinski definition) is 0. The smallest absolute Gasteiger partial charge is 0.386 e. The van der Waals surface area contributed by atoms with Gasteiger partial charge in [-0.15, -0.1) is 0 Å². The lowest BCUT2D eigenvalue weighted by Crippen LogP contribution is -2.32. The van der Waals surface area contributed by atoms with E-state index in [4.69, 9.17) is 14.0 Å². The van der Waals surface area contributed by atoms with E-state index in [0.717, 1.165) is 6.39 Å². The predicted octanol–water partition coefficient (Wildman–Crippen LogP) is 2.72. The largest absolute Gasteiger partial charge is 0.497 e. The second-order valence-electron chi connectivity index (χ2n) is 5.59. The Bertz CT molecular complexity index is 1020. The molecular formula is C19H12N2O6. The summed E-state index contributed by atoms with van der Waals surface area (Å²) in [5.74, 6) is -1.62. The number of amides is 2. The van der Waals surface area contributed by atoms with Crippen LogP contribution in [0.3, 0.4) is 0 Å². The van der Waals surface area contributed by atoms with E-state index in [1.807, 2.05) is 0 Å². The second-order valence-corrected chi connectivity index (χ2v) is 5.59. The van der Waals surface area contributed by atoms with Crippen LogP contribution in [0.25, 0.3) is 11.3 Å². The van der Waals surface area contributed by atoms with Crippen LogP contribution in [0.1, 0.15) is 31.2 Å². The van der Waals surface area contributed by atoms with Crippen molar-refractivity contribution >= 4 is 17.8 Å². The van der Waals surface area contributed by atoms with Gasteiger partial charge in [-0.1, -0.05) is 17.2 Å². The van der Waals surface area contributed by atoms with Crippen molar-refractivity contribution < 1.29 is 28.4 Å². The van der Waals surface area contributed by atoms with Gasteiger partial charge < -0.3 is 14.0 Å². The van der Waals surface area contributed by atoms with E-state index in [1.165, 1.54) is 19.2 Å². The number of carbonyl (C=O) groups is 3. The number of hydrogen-bond acceptors (Lipinski definition) is 7. The summed E-state index contributed by atoms with van der Waals surface area (Å²) in [5, 5.41) is 0.430. The molecule has 3 aromatic rings. The van der Waals surface area contributed by atoms with Crippen molar-refractivity contribution in [2.75, 3.05) is 7.11 Å². The summed E-state index contributed by atoms with van der Waals surface area (Å²) in [6.07, 6.45) is 1.08. The van der Waals surface area contributed by atoms with E-state index >= 15 is 0 Å². The van der Waals surface area contributed by atoms with Gasteiger partial charge in [0.2, 0.25) is 0 Å². The van der Waals surface area contributed by atoms with Gasteiger partial charge in [0, 0.05) is 5.56 Å². The third kappa shape index (κ3) is 2.73. The minimum absolute atomic E-state index is 0.152. The van der Waals surface area contributed by atoms with Crippen LogP contribution in [0, 0.1) is 0 Å². The average molecular weight is 364 g/mol. The zero-order valence-corrected chi connectivity index (χ0v) is 14.0. The Kier molecular flexibility index (Phi) is 3.92. The molecule has 0 radical (unpaired) electrons. The number of oxazole rings is 1. The lowest BCUT2D eigenvalue weighted by atomic mass is 10.1. The minimum atomic E-state index is -0.982. The van der Waals surface area contributed by atoms with E-state index < -0.39 is 17.8 Å². The molecule has 1 aliphatic rings. The molecule has 27 heavy (non-hydrogen) atoms. The molecule has 0 saturated heterocycles. The first kappa shape index (κ1) is 16.5. The van der Waals surface area contributed by atoms with Gasteiger partial charge in [0.15, 0.2) is 17.8 Å². The second kappa shape index (κ2) is 6.41. The molecule has 0 spiro atoms. The lowest BCUT2D eigenvalue weighted by molar-refractivity contribution is -0.0587. The van der Waals surface area contributed by atoms with Gasteiger partial charge in [-0.2, -0.15) is 0 Å². The maximum atomic E-state index is 12.5. The van der Waals surface area contributed by atoms with Crippen LogP contribution in [0.5, 0.6) is 5.75 Å². The van der Waals surface area contributed by atoms with Gasteiger partial charge in [-0.05, 0) is 36.4 Å². The van der Waals surface area contributed by atoms with Crippen molar-refractivity contribution in [3.63, 3.8) is 0 Å². The van der Waals surface area contributed by atoms with Crippen LogP contribution in [-0.2, 0) is 4.84 Å². The van der Waals surface area contributed by atoms with Crippen LogP contribution < -0.4 is 4.74 Å². The fourth-order valence-corrected chi connectivity index (χ4v) is 2.71. The van der Waals surface area contributed by atoms with Crippen molar-refractivity contribution in [1.29, 1.82) is 0 Å². The first-order valence-corrected chi connectivity index (χ1v) is 7.88. The van der Waals surface area contributed by atoms with Gasteiger partial charge in [0.05, 0.1) is 18.2 Å². The molecule has 0 N–H and O–H groups in total. The monoisotopic (exact) mass is 364 g/mol. The number of nitrogens with zero attached hydrogens (tertiary/aromatic N) is 2. The third-order valence-corrected chi connectivity index (χ3v) is 4.04. The summed E-state index contributed by atoms with van der Waals surface area (Å²) >= 11 is 0. The fourth-order valence-electron chi connectivity index (χ4n) is 2.71. The molecule has 4 rings (SSSR count). The van der Waals surface area contributed by atoms with Crippen molar-refractivity contribution in [2.45, 2.75) is 0 Å². The van der Waals surface area contributed by atoms with E-state index in [2.05, 4.69) is 4.98 Å². The normalized spacial score (nSPS) is 12.9. The van der Waals surface area contributed by atoms with E-state index in [9.17, 15) is 14.4 Å². The van der Waals surface area contributed by atoms with Gasteiger partial charge in [0.1, 0.15) is 5.75 Å². The Morgan fingerprint density at radius 3 is 2.22 bits per heavy atom. The predicted molar refractivity (Wildman–Crippen MR) is 90.8 cm³/mol. The third-order valence-electron chi connectivity index (χ3n) is 4.04. The molecule has 2 heterocycles. The van der Waals surface area contributed by atoms with Crippen LogP contribution in [-0.4, -0.2) is 34.9 Å². The SMILES string of the molecule is COc1ccc(-c2ocnc2C(=O)ON2C(=O)c3ccccc3C2=O)cc1. The molecular weight excluding hydrogens is 352 g/mol. The lowest BCUT2D eigenvalue weighted by Gasteiger charge is -2.12. The topological polar surface area (TPSA) is 98.9 Å². The summed E-state index contributed by atoms with van der Waals surface area (Å²) in [5.41, 5.74) is 0.746. The summed E-state index contributed by atoms with van der Waals surface area (Å²) in [7, 11) is 1.54. The molecule has 0 bridgehead atoms. The number of carbonyl (C=O) groups excluding carboxylic acids is 3. The molecule has 0 fully saturated rings. The highest BCUT2D eigenvalue weighted by molar-refractivity contribution is 6.21. The standard InChI is InChI=1S/C19H12N2O6/c1-25-12-8-6-11(7-9-12)16-15(20-10-26-16)19(24)27-21-17(22)13-4-2-3-5-14(13)18(21)23/h2-10H,1H3. The number of fused-ring (bicyclic) bond motifs is 1. The number of imide groups is 1. The molecule has 134 valence electrons. The summed E-state index contributed by atoms with van der Waals surface area (Å²) < 4.78 is 10.4. The molecule has 1 aromatic heterocycles. The number of rotatable bonds is 4. The number of ether oxygens (including phenoxy) is 1. The number of benzene rings is 2. The molecule has 1 aliphatic heterocycles. The van der Waals surface area contributed by atoms with Crippen molar-refractivity contribution in [3.8, 4) is 17.1 Å². The quantitative estimate of drug-likeness (QED) is 0.656. The first-order valence-electron chi connectivity index (χ1n) is 7.88. The molecule has 8 heteroatoms. The molecule has 2 amide bonds. The van der Waals surface area contributed by atoms with Gasteiger partial charge in [0.25, 0.3) is 11.8 Å². The van der Waals surface area contributed by atoms with E-state index in [1.54, 1.807) is 36.4 Å². The van der Waals surface area contributed by atoms with Crippen molar-refractivity contribution in [2.24, 2.45) is 0 Å². The summed E-state index contributed by atoms with van der Waals surface area (Å²) in [6.45, 7) is 0. The summed E-state index contributed by atoms with van der Waals surface area (Å²) in [4.78, 5) is 46.0. The average Bonchev–Trinajstić information content (AvgIpc) is 3.28. The van der Waals surface area contributed by atoms with Gasteiger partial charge in [-0.25, -0.2) is 9.78 Å². The minimum Gasteiger partial charge on any atom is -0.497 e. The highest BCUT2D eigenvalue weighted by Crippen LogP contribution is 2.27. The number of methoxy groups -OCH3 is 1. The Labute approximate surface area is 152 Å². The Balaban J connectivity index is 1.59. The van der Waals surface area contributed by atoms with E-state index in [-0.39, 0.29) is 22.6 Å². The van der Waals surface area contributed by atoms with Crippen LogP contribution in [0.4, 0.5) is 0 Å². The Morgan fingerprint density at radius 2 is 1.63 bits per heavy atom. The molecule has 0 saturated carbocycles. The molecule has 0 atom stereocenters. The highest BCUT2D eigenvalue weighted by atomic mass is 16.7. The molecule has 2 aromatic carbocycles. The maximum absolute atomic E-state index is 12.5. The molecule has 8 nitrogen and oxygen atoms in total. The zero-order chi connectivity index (χ0) is 19.0. The Hall–Kier alpha value is -3.94.